The Hall–Kier alpha value is -1.98. The minimum Gasteiger partial charge on any atom is -0.355 e. The predicted octanol–water partition coefficient (Wildman–Crippen LogP) is 0.844. The summed E-state index contributed by atoms with van der Waals surface area (Å²) in [6, 6.07) is 4.50. The van der Waals surface area contributed by atoms with E-state index in [1.54, 1.807) is 6.07 Å². The van der Waals surface area contributed by atoms with Crippen molar-refractivity contribution in [3.63, 3.8) is 0 Å². The molecular weight excluding hydrogens is 297 g/mol. The monoisotopic (exact) mass is 313 g/mol. The molecule has 21 heavy (non-hydrogen) atoms. The van der Waals surface area contributed by atoms with Gasteiger partial charge in [-0.15, -0.1) is 0 Å². The number of amides is 1. The van der Waals surface area contributed by atoms with Crippen LogP contribution in [0.4, 0.5) is 4.39 Å². The Balaban J connectivity index is 2.95. The Morgan fingerprint density at radius 1 is 1.48 bits per heavy atom. The van der Waals surface area contributed by atoms with E-state index in [9.17, 15) is 17.6 Å². The average Bonchev–Trinajstić information content (AvgIpc) is 2.45. The summed E-state index contributed by atoms with van der Waals surface area (Å²) in [7, 11) is -2.71. The Morgan fingerprint density at radius 2 is 2.14 bits per heavy atom. The van der Waals surface area contributed by atoms with E-state index >= 15 is 0 Å². The second-order valence-corrected chi connectivity index (χ2v) is 6.41. The molecule has 6 nitrogen and oxygen atoms in total. The normalized spacial score (nSPS) is 11.2. The van der Waals surface area contributed by atoms with Crippen LogP contribution in [0.1, 0.15) is 18.9 Å². The number of halogens is 1. The van der Waals surface area contributed by atoms with E-state index in [2.05, 4.69) is 5.32 Å². The van der Waals surface area contributed by atoms with Crippen LogP contribution in [0.3, 0.4) is 0 Å². The van der Waals surface area contributed by atoms with Crippen molar-refractivity contribution < 1.29 is 17.6 Å². The molecule has 0 atom stereocenters. The van der Waals surface area contributed by atoms with Crippen molar-refractivity contribution in [2.75, 3.05) is 20.1 Å². The first-order valence-corrected chi connectivity index (χ1v) is 7.69. The van der Waals surface area contributed by atoms with Gasteiger partial charge in [-0.3, -0.25) is 4.79 Å². The van der Waals surface area contributed by atoms with Gasteiger partial charge in [-0.05, 0) is 24.6 Å². The van der Waals surface area contributed by atoms with Gasteiger partial charge in [-0.2, -0.15) is 9.57 Å². The van der Waals surface area contributed by atoms with Crippen LogP contribution in [-0.2, 0) is 14.8 Å². The van der Waals surface area contributed by atoms with Crippen molar-refractivity contribution in [3.8, 4) is 6.07 Å². The standard InChI is InChI=1S/C13H16FN3O3S/c1-3-6-16-13(18)9-17(2)21(19,20)11-4-5-12(14)10(7-11)8-15/h4-5,7H,3,6,9H2,1-2H3,(H,16,18). The number of nitrogens with one attached hydrogen (secondary N) is 1. The predicted molar refractivity (Wildman–Crippen MR) is 74.2 cm³/mol. The van der Waals surface area contributed by atoms with Crippen molar-refractivity contribution in [1.29, 1.82) is 5.26 Å². The molecule has 0 aliphatic rings. The Kier molecular flexibility index (Phi) is 5.81. The third-order valence-corrected chi connectivity index (χ3v) is 4.50. The third-order valence-electron chi connectivity index (χ3n) is 2.70. The maximum Gasteiger partial charge on any atom is 0.243 e. The molecule has 1 aromatic rings. The van der Waals surface area contributed by atoms with Crippen LogP contribution >= 0.6 is 0 Å². The zero-order chi connectivity index (χ0) is 16.0. The number of nitriles is 1. The molecule has 0 saturated carbocycles. The molecule has 0 unspecified atom stereocenters. The van der Waals surface area contributed by atoms with E-state index in [0.717, 1.165) is 28.9 Å². The van der Waals surface area contributed by atoms with E-state index in [1.807, 2.05) is 6.92 Å². The number of hydrogen-bond donors (Lipinski definition) is 1. The summed E-state index contributed by atoms with van der Waals surface area (Å²) in [5.41, 5.74) is -0.361. The number of carbonyl (C=O) groups excluding carboxylic acids is 1. The first-order chi connectivity index (χ1) is 9.82. The summed E-state index contributed by atoms with van der Waals surface area (Å²) in [5, 5.41) is 11.3. The van der Waals surface area contributed by atoms with Gasteiger partial charge in [0.15, 0.2) is 0 Å². The van der Waals surface area contributed by atoms with Gasteiger partial charge in [-0.25, -0.2) is 12.8 Å². The molecule has 0 fully saturated rings. The van der Waals surface area contributed by atoms with Gasteiger partial charge in [0, 0.05) is 13.6 Å². The van der Waals surface area contributed by atoms with Crippen LogP contribution in [0.15, 0.2) is 23.1 Å². The average molecular weight is 313 g/mol. The fraction of sp³-hybridized carbons (Fsp3) is 0.385. The van der Waals surface area contributed by atoms with E-state index in [0.29, 0.717) is 6.54 Å². The summed E-state index contributed by atoms with van der Waals surface area (Å²) in [6.07, 6.45) is 0.742. The molecule has 8 heteroatoms. The fourth-order valence-corrected chi connectivity index (χ4v) is 2.69. The van der Waals surface area contributed by atoms with Crippen molar-refractivity contribution in [1.82, 2.24) is 9.62 Å². The minimum atomic E-state index is -3.95. The molecule has 0 spiro atoms. The minimum absolute atomic E-state index is 0.230. The molecule has 0 aliphatic carbocycles. The Morgan fingerprint density at radius 3 is 2.71 bits per heavy atom. The molecule has 1 amide bonds. The SMILES string of the molecule is CCCNC(=O)CN(C)S(=O)(=O)c1ccc(F)c(C#N)c1. The fourth-order valence-electron chi connectivity index (χ4n) is 1.54. The lowest BCUT2D eigenvalue weighted by Crippen LogP contribution is -2.38. The summed E-state index contributed by atoms with van der Waals surface area (Å²) in [6.45, 7) is 1.99. The van der Waals surface area contributed by atoms with E-state index < -0.39 is 21.7 Å². The van der Waals surface area contributed by atoms with Gasteiger partial charge < -0.3 is 5.32 Å². The maximum atomic E-state index is 13.2. The van der Waals surface area contributed by atoms with Gasteiger partial charge in [0.1, 0.15) is 11.9 Å². The second-order valence-electron chi connectivity index (χ2n) is 4.36. The van der Waals surface area contributed by atoms with Crippen LogP contribution in [0.2, 0.25) is 0 Å². The van der Waals surface area contributed by atoms with Gasteiger partial charge in [0.05, 0.1) is 17.0 Å². The van der Waals surface area contributed by atoms with Crippen LogP contribution in [0.25, 0.3) is 0 Å². The number of benzene rings is 1. The van der Waals surface area contributed by atoms with Gasteiger partial charge in [0.25, 0.3) is 0 Å². The molecular formula is C13H16FN3O3S. The Labute approximate surface area is 123 Å². The highest BCUT2D eigenvalue weighted by atomic mass is 32.2. The highest BCUT2D eigenvalue weighted by Gasteiger charge is 2.23. The molecule has 1 N–H and O–H groups in total. The number of sulfonamides is 1. The molecule has 0 aliphatic heterocycles. The van der Waals surface area contributed by atoms with Crippen LogP contribution in [-0.4, -0.2) is 38.8 Å². The highest BCUT2D eigenvalue weighted by Crippen LogP contribution is 2.17. The summed E-state index contributed by atoms with van der Waals surface area (Å²) in [4.78, 5) is 11.3. The van der Waals surface area contributed by atoms with Crippen molar-refractivity contribution in [3.05, 3.63) is 29.6 Å². The van der Waals surface area contributed by atoms with Crippen LogP contribution < -0.4 is 5.32 Å². The third kappa shape index (κ3) is 4.24. The molecule has 0 bridgehead atoms. The molecule has 0 saturated heterocycles. The van der Waals surface area contributed by atoms with Crippen LogP contribution in [0, 0.1) is 17.1 Å². The molecule has 114 valence electrons. The number of carbonyl (C=O) groups is 1. The Bertz CT molecular complexity index is 668. The number of likely N-dealkylation sites (N-methyl/N-ethyl adjacent to an activating group) is 1. The summed E-state index contributed by atoms with van der Waals surface area (Å²) < 4.78 is 38.5. The smallest absolute Gasteiger partial charge is 0.243 e. The van der Waals surface area contributed by atoms with E-state index in [4.69, 9.17) is 5.26 Å². The van der Waals surface area contributed by atoms with Gasteiger partial charge in [-0.1, -0.05) is 6.92 Å². The lowest BCUT2D eigenvalue weighted by molar-refractivity contribution is -0.121. The first kappa shape index (κ1) is 17.1. The van der Waals surface area contributed by atoms with Crippen molar-refractivity contribution in [2.24, 2.45) is 0 Å². The second kappa shape index (κ2) is 7.15. The van der Waals surface area contributed by atoms with Gasteiger partial charge >= 0.3 is 0 Å². The first-order valence-electron chi connectivity index (χ1n) is 6.25. The maximum absolute atomic E-state index is 13.2. The molecule has 0 aromatic heterocycles. The number of nitrogens with zero attached hydrogens (tertiary/aromatic N) is 2. The number of rotatable bonds is 6. The molecule has 1 aromatic carbocycles. The van der Waals surface area contributed by atoms with Crippen molar-refractivity contribution >= 4 is 15.9 Å². The summed E-state index contributed by atoms with van der Waals surface area (Å²) >= 11 is 0. The highest BCUT2D eigenvalue weighted by molar-refractivity contribution is 7.89. The largest absolute Gasteiger partial charge is 0.355 e. The summed E-state index contributed by atoms with van der Waals surface area (Å²) in [5.74, 6) is -1.22. The molecule has 0 radical (unpaired) electrons. The van der Waals surface area contributed by atoms with Gasteiger partial charge in [0.2, 0.25) is 15.9 Å². The van der Waals surface area contributed by atoms with Crippen molar-refractivity contribution in [2.45, 2.75) is 18.2 Å². The van der Waals surface area contributed by atoms with Crippen LogP contribution in [0.5, 0.6) is 0 Å². The quantitative estimate of drug-likeness (QED) is 0.843. The topological polar surface area (TPSA) is 90.3 Å². The lowest BCUT2D eigenvalue weighted by Gasteiger charge is -2.17. The number of hydrogen-bond acceptors (Lipinski definition) is 4. The van der Waals surface area contributed by atoms with E-state index in [-0.39, 0.29) is 17.0 Å². The molecule has 1 rings (SSSR count). The zero-order valence-corrected chi connectivity index (χ0v) is 12.6. The lowest BCUT2D eigenvalue weighted by atomic mass is 10.2. The van der Waals surface area contributed by atoms with E-state index in [1.165, 1.54) is 7.05 Å². The zero-order valence-electron chi connectivity index (χ0n) is 11.8. The molecule has 0 heterocycles.